The molecule has 2 rings (SSSR count). The minimum absolute atomic E-state index is 0.0642. The van der Waals surface area contributed by atoms with E-state index in [2.05, 4.69) is 16.7 Å². The Morgan fingerprint density at radius 1 is 1.33 bits per heavy atom. The van der Waals surface area contributed by atoms with Crippen LogP contribution in [0.2, 0.25) is 5.02 Å². The quantitative estimate of drug-likeness (QED) is 0.760. The molecule has 0 unspecified atom stereocenters. The molecule has 0 saturated heterocycles. The number of benzene rings is 1. The van der Waals surface area contributed by atoms with Crippen molar-refractivity contribution in [3.63, 3.8) is 0 Å². The van der Waals surface area contributed by atoms with E-state index in [0.29, 0.717) is 28.6 Å². The van der Waals surface area contributed by atoms with Gasteiger partial charge in [-0.3, -0.25) is 9.59 Å². The number of hydrogen-bond donors (Lipinski definition) is 2. The van der Waals surface area contributed by atoms with Crippen LogP contribution in [0.1, 0.15) is 19.4 Å². The van der Waals surface area contributed by atoms with Crippen LogP contribution in [-0.2, 0) is 16.0 Å². The van der Waals surface area contributed by atoms with Gasteiger partial charge in [-0.1, -0.05) is 49.3 Å². The maximum Gasteiger partial charge on any atom is 0.243 e. The number of nitriles is 2. The highest BCUT2D eigenvalue weighted by Crippen LogP contribution is 2.41. The summed E-state index contributed by atoms with van der Waals surface area (Å²) in [5, 5.41) is 25.0. The lowest BCUT2D eigenvalue weighted by Gasteiger charge is -2.34. The van der Waals surface area contributed by atoms with Crippen molar-refractivity contribution >= 4 is 35.2 Å². The van der Waals surface area contributed by atoms with E-state index in [4.69, 9.17) is 11.6 Å². The van der Waals surface area contributed by atoms with E-state index in [1.54, 1.807) is 26.0 Å². The normalized spacial score (nSPS) is 18.3. The average molecular weight is 403 g/mol. The van der Waals surface area contributed by atoms with Crippen molar-refractivity contribution in [2.24, 2.45) is 11.3 Å². The molecular weight excluding hydrogens is 384 g/mol. The van der Waals surface area contributed by atoms with Crippen LogP contribution in [0.15, 0.2) is 34.9 Å². The SMILES string of the molecule is CC1(C)C(C#N)=C(SCC(=O)NCCc2ccc(Cl)cc2)NC(=O)[C@@H]1C#N. The fourth-order valence-corrected chi connectivity index (χ4v) is 3.85. The highest BCUT2D eigenvalue weighted by Gasteiger charge is 2.44. The third kappa shape index (κ3) is 5.03. The summed E-state index contributed by atoms with van der Waals surface area (Å²) in [6, 6.07) is 11.4. The first kappa shape index (κ1) is 20.8. The van der Waals surface area contributed by atoms with Crippen molar-refractivity contribution in [1.82, 2.24) is 10.6 Å². The summed E-state index contributed by atoms with van der Waals surface area (Å²) in [6.45, 7) is 3.84. The zero-order chi connectivity index (χ0) is 20.0. The largest absolute Gasteiger partial charge is 0.355 e. The van der Waals surface area contributed by atoms with Gasteiger partial charge in [0, 0.05) is 17.0 Å². The minimum atomic E-state index is -0.940. The van der Waals surface area contributed by atoms with Crippen LogP contribution in [-0.4, -0.2) is 24.1 Å². The first-order chi connectivity index (χ1) is 12.8. The lowest BCUT2D eigenvalue weighted by atomic mass is 9.72. The number of carbonyl (C=O) groups excluding carboxylic acids is 2. The predicted molar refractivity (Wildman–Crippen MR) is 104 cm³/mol. The number of carbonyl (C=O) groups is 2. The number of amides is 2. The fraction of sp³-hybridized carbons (Fsp3) is 0.368. The van der Waals surface area contributed by atoms with Gasteiger partial charge in [-0.25, -0.2) is 0 Å². The van der Waals surface area contributed by atoms with Crippen molar-refractivity contribution in [3.05, 3.63) is 45.5 Å². The predicted octanol–water partition coefficient (Wildman–Crippen LogP) is 2.76. The van der Waals surface area contributed by atoms with Gasteiger partial charge >= 0.3 is 0 Å². The highest BCUT2D eigenvalue weighted by atomic mass is 35.5. The van der Waals surface area contributed by atoms with Crippen molar-refractivity contribution in [2.75, 3.05) is 12.3 Å². The van der Waals surface area contributed by atoms with Gasteiger partial charge in [-0.05, 0) is 24.1 Å². The van der Waals surface area contributed by atoms with E-state index in [0.717, 1.165) is 17.3 Å². The zero-order valence-electron chi connectivity index (χ0n) is 15.0. The molecule has 0 radical (unpaired) electrons. The summed E-state index contributed by atoms with van der Waals surface area (Å²) >= 11 is 6.93. The van der Waals surface area contributed by atoms with Crippen LogP contribution in [0, 0.1) is 34.0 Å². The first-order valence-electron chi connectivity index (χ1n) is 8.29. The molecule has 27 heavy (non-hydrogen) atoms. The van der Waals surface area contributed by atoms with E-state index in [1.165, 1.54) is 0 Å². The van der Waals surface area contributed by atoms with E-state index in [-0.39, 0.29) is 11.7 Å². The topological polar surface area (TPSA) is 106 Å². The molecule has 1 atom stereocenters. The van der Waals surface area contributed by atoms with E-state index >= 15 is 0 Å². The van der Waals surface area contributed by atoms with E-state index in [9.17, 15) is 20.1 Å². The monoisotopic (exact) mass is 402 g/mol. The summed E-state index contributed by atoms with van der Waals surface area (Å²) in [5.41, 5.74) is 0.470. The maximum absolute atomic E-state index is 12.1. The van der Waals surface area contributed by atoms with Gasteiger partial charge in [0.1, 0.15) is 5.92 Å². The molecule has 0 aromatic heterocycles. The number of hydrogen-bond acceptors (Lipinski definition) is 5. The van der Waals surface area contributed by atoms with Gasteiger partial charge in [0.25, 0.3) is 0 Å². The lowest BCUT2D eigenvalue weighted by Crippen LogP contribution is -2.44. The summed E-state index contributed by atoms with van der Waals surface area (Å²) < 4.78 is 0. The molecule has 0 fully saturated rings. The van der Waals surface area contributed by atoms with Crippen LogP contribution in [0.4, 0.5) is 0 Å². The Labute approximate surface area is 167 Å². The second-order valence-corrected chi connectivity index (χ2v) is 8.03. The molecule has 1 aliphatic heterocycles. The van der Waals surface area contributed by atoms with Crippen LogP contribution < -0.4 is 10.6 Å². The Kier molecular flexibility index (Phi) is 6.90. The number of thioether (sulfide) groups is 1. The van der Waals surface area contributed by atoms with E-state index in [1.807, 2.05) is 18.2 Å². The molecule has 2 N–H and O–H groups in total. The summed E-state index contributed by atoms with van der Waals surface area (Å²) in [7, 11) is 0. The van der Waals surface area contributed by atoms with Crippen molar-refractivity contribution in [2.45, 2.75) is 20.3 Å². The zero-order valence-corrected chi connectivity index (χ0v) is 16.6. The standard InChI is InChI=1S/C19H19ClN4O2S/c1-19(2)14(9-21)17(26)24-18(15(19)10-22)27-11-16(25)23-8-7-12-3-5-13(20)6-4-12/h3-6,14H,7-8,11H2,1-2H3,(H,23,25)(H,24,26)/t14-/m0/s1. The second kappa shape index (κ2) is 8.94. The van der Waals surface area contributed by atoms with Gasteiger partial charge in [-0.2, -0.15) is 10.5 Å². The highest BCUT2D eigenvalue weighted by molar-refractivity contribution is 8.03. The van der Waals surface area contributed by atoms with Crippen LogP contribution in [0.5, 0.6) is 0 Å². The molecule has 1 aliphatic rings. The number of rotatable bonds is 6. The molecule has 140 valence electrons. The third-order valence-corrected chi connectivity index (χ3v) is 5.58. The molecule has 1 aromatic rings. The molecule has 0 saturated carbocycles. The summed E-state index contributed by atoms with van der Waals surface area (Å²) in [6.07, 6.45) is 0.674. The van der Waals surface area contributed by atoms with Crippen molar-refractivity contribution in [3.8, 4) is 12.1 Å². The van der Waals surface area contributed by atoms with Gasteiger partial charge in [-0.15, -0.1) is 0 Å². The molecule has 6 nitrogen and oxygen atoms in total. The smallest absolute Gasteiger partial charge is 0.243 e. The van der Waals surface area contributed by atoms with E-state index < -0.39 is 17.2 Å². The van der Waals surface area contributed by atoms with Gasteiger partial charge in [0.15, 0.2) is 0 Å². The first-order valence-corrected chi connectivity index (χ1v) is 9.65. The fourth-order valence-electron chi connectivity index (χ4n) is 2.72. The summed E-state index contributed by atoms with van der Waals surface area (Å²) in [4.78, 5) is 24.2. The van der Waals surface area contributed by atoms with Crippen LogP contribution in [0.25, 0.3) is 0 Å². The summed E-state index contributed by atoms with van der Waals surface area (Å²) in [5.74, 6) is -1.53. The maximum atomic E-state index is 12.1. The van der Waals surface area contributed by atoms with Crippen molar-refractivity contribution < 1.29 is 9.59 Å². The Morgan fingerprint density at radius 3 is 2.59 bits per heavy atom. The Balaban J connectivity index is 1.92. The molecule has 2 amide bonds. The lowest BCUT2D eigenvalue weighted by molar-refractivity contribution is -0.125. The van der Waals surface area contributed by atoms with Gasteiger partial charge in [0.05, 0.1) is 28.5 Å². The van der Waals surface area contributed by atoms with Crippen LogP contribution in [0.3, 0.4) is 0 Å². The number of allylic oxidation sites excluding steroid dienone is 1. The molecule has 0 bridgehead atoms. The Morgan fingerprint density at radius 2 is 2.00 bits per heavy atom. The second-order valence-electron chi connectivity index (χ2n) is 6.60. The minimum Gasteiger partial charge on any atom is -0.355 e. The molecule has 0 aliphatic carbocycles. The molecule has 1 aromatic carbocycles. The molecule has 0 spiro atoms. The van der Waals surface area contributed by atoms with Crippen molar-refractivity contribution in [1.29, 1.82) is 10.5 Å². The van der Waals surface area contributed by atoms with Crippen LogP contribution >= 0.6 is 23.4 Å². The number of halogens is 1. The molecule has 8 heteroatoms. The Bertz CT molecular complexity index is 850. The van der Waals surface area contributed by atoms with Gasteiger partial charge in [0.2, 0.25) is 11.8 Å². The van der Waals surface area contributed by atoms with Gasteiger partial charge < -0.3 is 10.6 Å². The molecular formula is C19H19ClN4O2S. The third-order valence-electron chi connectivity index (χ3n) is 4.33. The average Bonchev–Trinajstić information content (AvgIpc) is 2.61. The molecule has 1 heterocycles. The Hall–Kier alpha value is -2.48. The number of nitrogens with zero attached hydrogens (tertiary/aromatic N) is 2. The number of nitrogens with one attached hydrogen (secondary N) is 2.